The van der Waals surface area contributed by atoms with Crippen molar-refractivity contribution in [3.63, 3.8) is 0 Å². The van der Waals surface area contributed by atoms with E-state index in [1.54, 1.807) is 23.3 Å². The molecule has 4 heteroatoms. The molecule has 4 atom stereocenters. The van der Waals surface area contributed by atoms with E-state index in [1.165, 1.54) is 0 Å². The molecule has 4 nitrogen and oxygen atoms in total. The number of ketones is 1. The summed E-state index contributed by atoms with van der Waals surface area (Å²) in [5, 5.41) is 0. The molecular formula is C13H14N2O2. The first kappa shape index (κ1) is 9.57. The zero-order valence-electron chi connectivity index (χ0n) is 9.50. The van der Waals surface area contributed by atoms with Crippen molar-refractivity contribution in [1.82, 2.24) is 9.55 Å². The Hall–Kier alpha value is -1.45. The lowest BCUT2D eigenvalue weighted by atomic mass is 9.68. The molecule has 1 aromatic rings. The number of aromatic nitrogens is 2. The number of hydrogen-bond acceptors (Lipinski definition) is 3. The van der Waals surface area contributed by atoms with Gasteiger partial charge in [0.2, 0.25) is 5.91 Å². The number of Topliss-reactive ketones (excluding diaryl/α,β-unsaturated/α-hetero) is 1. The van der Waals surface area contributed by atoms with Crippen molar-refractivity contribution in [2.24, 2.45) is 23.2 Å². The Morgan fingerprint density at radius 1 is 1.41 bits per heavy atom. The number of hydrogen-bond donors (Lipinski definition) is 0. The van der Waals surface area contributed by atoms with Gasteiger partial charge in [0.05, 0.1) is 5.41 Å². The molecule has 0 aliphatic heterocycles. The van der Waals surface area contributed by atoms with Crippen LogP contribution in [0.2, 0.25) is 0 Å². The van der Waals surface area contributed by atoms with E-state index in [1.807, 2.05) is 0 Å². The summed E-state index contributed by atoms with van der Waals surface area (Å²) in [6.45, 7) is 0. The maximum atomic E-state index is 12.5. The van der Waals surface area contributed by atoms with Crippen LogP contribution < -0.4 is 0 Å². The van der Waals surface area contributed by atoms with Crippen LogP contribution >= 0.6 is 0 Å². The average molecular weight is 230 g/mol. The minimum Gasteiger partial charge on any atom is -0.299 e. The summed E-state index contributed by atoms with van der Waals surface area (Å²) in [4.78, 5) is 28.4. The van der Waals surface area contributed by atoms with Gasteiger partial charge in [0.25, 0.3) is 0 Å². The van der Waals surface area contributed by atoms with Crippen molar-refractivity contribution < 1.29 is 9.59 Å². The van der Waals surface area contributed by atoms with Gasteiger partial charge in [-0.15, -0.1) is 0 Å². The normalized spacial score (nSPS) is 42.4. The SMILES string of the molecule is O=C1C2CC3CC(C(=O)n4ccnc4)(C2)CC13. The van der Waals surface area contributed by atoms with Gasteiger partial charge in [-0.25, -0.2) is 4.98 Å². The van der Waals surface area contributed by atoms with E-state index in [-0.39, 0.29) is 23.2 Å². The zero-order chi connectivity index (χ0) is 11.6. The highest BCUT2D eigenvalue weighted by Crippen LogP contribution is 2.63. The van der Waals surface area contributed by atoms with Gasteiger partial charge in [-0.3, -0.25) is 14.2 Å². The average Bonchev–Trinajstić information content (AvgIpc) is 2.98. The van der Waals surface area contributed by atoms with Gasteiger partial charge >= 0.3 is 0 Å². The first-order chi connectivity index (χ1) is 8.20. The number of rotatable bonds is 1. The molecule has 88 valence electrons. The summed E-state index contributed by atoms with van der Waals surface area (Å²) in [6, 6.07) is 0. The molecule has 5 rings (SSSR count). The molecule has 0 spiro atoms. The molecule has 0 amide bonds. The zero-order valence-corrected chi connectivity index (χ0v) is 9.50. The molecule has 4 fully saturated rings. The van der Waals surface area contributed by atoms with Crippen LogP contribution in [-0.2, 0) is 4.79 Å². The van der Waals surface area contributed by atoms with E-state index in [0.29, 0.717) is 11.7 Å². The van der Waals surface area contributed by atoms with E-state index < -0.39 is 0 Å². The van der Waals surface area contributed by atoms with Crippen LogP contribution in [0.15, 0.2) is 18.7 Å². The van der Waals surface area contributed by atoms with Gasteiger partial charge in [0.15, 0.2) is 0 Å². The Balaban J connectivity index is 1.73. The Bertz CT molecular complexity index is 503. The highest BCUT2D eigenvalue weighted by Gasteiger charge is 2.63. The summed E-state index contributed by atoms with van der Waals surface area (Å²) in [5.41, 5.74) is -0.257. The number of carbonyl (C=O) groups excluding carboxylic acids is 2. The largest absolute Gasteiger partial charge is 0.299 e. The minimum atomic E-state index is -0.257. The van der Waals surface area contributed by atoms with Crippen LogP contribution in [0.1, 0.15) is 30.5 Å². The molecule has 4 unspecified atom stereocenters. The van der Waals surface area contributed by atoms with Crippen LogP contribution in [0, 0.1) is 23.2 Å². The molecule has 0 aromatic carbocycles. The maximum absolute atomic E-state index is 12.5. The van der Waals surface area contributed by atoms with E-state index >= 15 is 0 Å². The molecule has 0 radical (unpaired) electrons. The topological polar surface area (TPSA) is 52.0 Å². The van der Waals surface area contributed by atoms with E-state index in [0.717, 1.165) is 25.7 Å². The Kier molecular flexibility index (Phi) is 1.61. The van der Waals surface area contributed by atoms with Crippen molar-refractivity contribution in [2.75, 3.05) is 0 Å². The smallest absolute Gasteiger partial charge is 0.238 e. The summed E-state index contributed by atoms with van der Waals surface area (Å²) in [5.74, 6) is 1.41. The fourth-order valence-corrected chi connectivity index (χ4v) is 4.42. The monoisotopic (exact) mass is 230 g/mol. The summed E-state index contributed by atoms with van der Waals surface area (Å²) >= 11 is 0. The first-order valence-corrected chi connectivity index (χ1v) is 6.26. The van der Waals surface area contributed by atoms with Crippen molar-refractivity contribution in [1.29, 1.82) is 0 Å². The highest BCUT2D eigenvalue weighted by molar-refractivity contribution is 5.94. The molecule has 0 N–H and O–H groups in total. The molecular weight excluding hydrogens is 216 g/mol. The predicted molar refractivity (Wildman–Crippen MR) is 59.2 cm³/mol. The van der Waals surface area contributed by atoms with Crippen molar-refractivity contribution in [2.45, 2.75) is 25.7 Å². The Labute approximate surface area is 99.0 Å². The van der Waals surface area contributed by atoms with E-state index in [9.17, 15) is 9.59 Å². The molecule has 4 bridgehead atoms. The van der Waals surface area contributed by atoms with Crippen molar-refractivity contribution in [3.8, 4) is 0 Å². The molecule has 0 saturated heterocycles. The molecule has 1 heterocycles. The summed E-state index contributed by atoms with van der Waals surface area (Å²) in [6.07, 6.45) is 8.42. The predicted octanol–water partition coefficient (Wildman–Crippen LogP) is 1.53. The fraction of sp³-hybridized carbons (Fsp3) is 0.615. The van der Waals surface area contributed by atoms with E-state index in [4.69, 9.17) is 0 Å². The van der Waals surface area contributed by atoms with Crippen LogP contribution in [0.25, 0.3) is 0 Å². The van der Waals surface area contributed by atoms with Crippen LogP contribution in [0.5, 0.6) is 0 Å². The number of carbonyl (C=O) groups is 2. The number of nitrogens with zero attached hydrogens (tertiary/aromatic N) is 2. The fourth-order valence-electron chi connectivity index (χ4n) is 4.42. The molecule has 4 aliphatic carbocycles. The third-order valence-corrected chi connectivity index (χ3v) is 5.02. The maximum Gasteiger partial charge on any atom is 0.238 e. The summed E-state index contributed by atoms with van der Waals surface area (Å²) < 4.78 is 1.59. The molecule has 4 aliphatic rings. The van der Waals surface area contributed by atoms with Gasteiger partial charge < -0.3 is 0 Å². The third kappa shape index (κ3) is 1.06. The van der Waals surface area contributed by atoms with Crippen LogP contribution in [-0.4, -0.2) is 21.2 Å². The van der Waals surface area contributed by atoms with Gasteiger partial charge in [-0.05, 0) is 31.6 Å². The van der Waals surface area contributed by atoms with Gasteiger partial charge in [0, 0.05) is 24.2 Å². The van der Waals surface area contributed by atoms with E-state index in [2.05, 4.69) is 4.98 Å². The molecule has 1 aromatic heterocycles. The Morgan fingerprint density at radius 3 is 2.94 bits per heavy atom. The van der Waals surface area contributed by atoms with Crippen LogP contribution in [0.4, 0.5) is 0 Å². The first-order valence-electron chi connectivity index (χ1n) is 6.26. The highest BCUT2D eigenvalue weighted by atomic mass is 16.2. The van der Waals surface area contributed by atoms with Gasteiger partial charge in [-0.1, -0.05) is 0 Å². The lowest BCUT2D eigenvalue weighted by Crippen LogP contribution is -2.40. The second-order valence-corrected chi connectivity index (χ2v) is 5.87. The number of imidazole rings is 1. The molecule has 4 saturated carbocycles. The second-order valence-electron chi connectivity index (χ2n) is 5.87. The quantitative estimate of drug-likeness (QED) is 0.735. The Morgan fingerprint density at radius 2 is 2.29 bits per heavy atom. The summed E-state index contributed by atoms with van der Waals surface area (Å²) in [7, 11) is 0. The van der Waals surface area contributed by atoms with Gasteiger partial charge in [0.1, 0.15) is 12.1 Å². The third-order valence-electron chi connectivity index (χ3n) is 5.02. The van der Waals surface area contributed by atoms with Gasteiger partial charge in [-0.2, -0.15) is 0 Å². The van der Waals surface area contributed by atoms with Crippen LogP contribution in [0.3, 0.4) is 0 Å². The van der Waals surface area contributed by atoms with Crippen molar-refractivity contribution >= 4 is 11.7 Å². The minimum absolute atomic E-state index is 0.153. The standard InChI is InChI=1S/C13H14N2O2/c16-11-9-3-8-4-13(5-9,6-10(8)11)12(17)15-2-1-14-7-15/h1-2,7-10H,3-6H2. The lowest BCUT2D eigenvalue weighted by Gasteiger charge is -2.35. The molecule has 17 heavy (non-hydrogen) atoms. The van der Waals surface area contributed by atoms with Crippen molar-refractivity contribution in [3.05, 3.63) is 18.7 Å². The lowest BCUT2D eigenvalue weighted by molar-refractivity contribution is -0.126. The second kappa shape index (κ2) is 2.86.